The highest BCUT2D eigenvalue weighted by Crippen LogP contribution is 2.27. The average Bonchev–Trinajstić information content (AvgIpc) is 3.02. The molecule has 27 heavy (non-hydrogen) atoms. The number of benzene rings is 1. The molecule has 1 aromatic heterocycles. The normalized spacial score (nSPS) is 20.9. The molecule has 7 heteroatoms. The van der Waals surface area contributed by atoms with E-state index in [1.807, 2.05) is 67.3 Å². The molecule has 1 saturated heterocycles. The van der Waals surface area contributed by atoms with Gasteiger partial charge in [0, 0.05) is 45.8 Å². The van der Waals surface area contributed by atoms with E-state index in [2.05, 4.69) is 14.9 Å². The van der Waals surface area contributed by atoms with Crippen molar-refractivity contribution < 1.29 is 9.50 Å². The summed E-state index contributed by atoms with van der Waals surface area (Å²) in [4.78, 5) is 14.7. The molecule has 0 aliphatic carbocycles. The number of hydrogen-bond donors (Lipinski definition) is 1. The minimum atomic E-state index is -0.875. The summed E-state index contributed by atoms with van der Waals surface area (Å²) in [6.07, 6.45) is 0.739. The number of nitrogens with zero attached hydrogens (tertiary/aromatic N) is 5. The lowest BCUT2D eigenvalue weighted by molar-refractivity contribution is 0.123. The van der Waals surface area contributed by atoms with Crippen molar-refractivity contribution in [2.24, 2.45) is 0 Å². The van der Waals surface area contributed by atoms with Gasteiger partial charge in [-0.15, -0.1) is 0 Å². The maximum atomic E-state index is 14.2. The summed E-state index contributed by atoms with van der Waals surface area (Å²) in [5.41, 5.74) is 0.891. The van der Waals surface area contributed by atoms with E-state index in [1.165, 1.54) is 0 Å². The van der Waals surface area contributed by atoms with E-state index < -0.39 is 12.3 Å². The standard InChI is InChI=1S/C20H28FN5O/c1-24(2)20-22-10-9-19(23-20)26-12-16(21)11-17(26)13-25(3)14-18(27)15-7-5-4-6-8-15/h4-10,16-18,27H,11-14H2,1-3H3/t16-,17-,18-/m0/s1. The van der Waals surface area contributed by atoms with Gasteiger partial charge in [-0.25, -0.2) is 9.37 Å². The van der Waals surface area contributed by atoms with Crippen LogP contribution in [-0.4, -0.2) is 73.0 Å². The number of hydrogen-bond acceptors (Lipinski definition) is 6. The topological polar surface area (TPSA) is 55.7 Å². The Morgan fingerprint density at radius 3 is 2.67 bits per heavy atom. The van der Waals surface area contributed by atoms with Crippen LogP contribution in [0, 0.1) is 0 Å². The molecule has 6 nitrogen and oxygen atoms in total. The van der Waals surface area contributed by atoms with Gasteiger partial charge >= 0.3 is 0 Å². The SMILES string of the molecule is CN(C[C@@H]1C[C@H](F)CN1c1ccnc(N(C)C)n1)C[C@H](O)c1ccccc1. The predicted octanol–water partition coefficient (Wildman–Crippen LogP) is 2.12. The smallest absolute Gasteiger partial charge is 0.226 e. The first-order valence-electron chi connectivity index (χ1n) is 9.26. The van der Waals surface area contributed by atoms with Gasteiger partial charge in [0.25, 0.3) is 0 Å². The third kappa shape index (κ3) is 4.93. The maximum absolute atomic E-state index is 14.2. The molecule has 0 amide bonds. The highest BCUT2D eigenvalue weighted by molar-refractivity contribution is 5.45. The van der Waals surface area contributed by atoms with E-state index >= 15 is 0 Å². The van der Waals surface area contributed by atoms with Crippen molar-refractivity contribution in [1.29, 1.82) is 0 Å². The van der Waals surface area contributed by atoms with Crippen LogP contribution < -0.4 is 9.80 Å². The van der Waals surface area contributed by atoms with Crippen LogP contribution >= 0.6 is 0 Å². The zero-order valence-electron chi connectivity index (χ0n) is 16.2. The number of alkyl halides is 1. The third-order valence-corrected chi connectivity index (χ3v) is 4.88. The summed E-state index contributed by atoms with van der Waals surface area (Å²) < 4.78 is 14.2. The van der Waals surface area contributed by atoms with Crippen molar-refractivity contribution in [1.82, 2.24) is 14.9 Å². The maximum Gasteiger partial charge on any atom is 0.226 e. The van der Waals surface area contributed by atoms with Crippen molar-refractivity contribution in [3.8, 4) is 0 Å². The quantitative estimate of drug-likeness (QED) is 0.802. The number of likely N-dealkylation sites (N-methyl/N-ethyl adjacent to an activating group) is 1. The molecule has 0 unspecified atom stereocenters. The molecule has 3 rings (SSSR count). The van der Waals surface area contributed by atoms with Gasteiger partial charge in [0.2, 0.25) is 5.95 Å². The Hall–Kier alpha value is -2.25. The largest absolute Gasteiger partial charge is 0.387 e. The Balaban J connectivity index is 1.66. The molecule has 3 atom stereocenters. The van der Waals surface area contributed by atoms with Crippen molar-refractivity contribution in [2.45, 2.75) is 24.7 Å². The fraction of sp³-hybridized carbons (Fsp3) is 0.500. The molecule has 0 spiro atoms. The van der Waals surface area contributed by atoms with Crippen LogP contribution in [0.4, 0.5) is 16.2 Å². The number of halogens is 1. The number of rotatable bonds is 7. The Kier molecular flexibility index (Phi) is 6.23. The number of anilines is 2. The van der Waals surface area contributed by atoms with E-state index in [4.69, 9.17) is 0 Å². The molecule has 1 aliphatic rings. The molecule has 1 fully saturated rings. The second-order valence-electron chi connectivity index (χ2n) is 7.40. The minimum absolute atomic E-state index is 0.0119. The van der Waals surface area contributed by atoms with Crippen LogP contribution in [-0.2, 0) is 0 Å². The summed E-state index contributed by atoms with van der Waals surface area (Å²) in [6, 6.07) is 11.4. The Labute approximate surface area is 160 Å². The molecule has 2 aromatic rings. The van der Waals surface area contributed by atoms with Crippen LogP contribution in [0.5, 0.6) is 0 Å². The highest BCUT2D eigenvalue weighted by atomic mass is 19.1. The summed E-state index contributed by atoms with van der Waals surface area (Å²) in [5, 5.41) is 10.4. The molecule has 1 N–H and O–H groups in total. The Bertz CT molecular complexity index is 729. The second kappa shape index (κ2) is 8.63. The molecule has 1 aliphatic heterocycles. The minimum Gasteiger partial charge on any atom is -0.387 e. The van der Waals surface area contributed by atoms with Crippen LogP contribution in [0.25, 0.3) is 0 Å². The third-order valence-electron chi connectivity index (χ3n) is 4.88. The van der Waals surface area contributed by atoms with Crippen molar-refractivity contribution >= 4 is 11.8 Å². The van der Waals surface area contributed by atoms with Crippen LogP contribution in [0.1, 0.15) is 18.1 Å². The summed E-state index contributed by atoms with van der Waals surface area (Å²) in [6.45, 7) is 1.49. The Morgan fingerprint density at radius 1 is 1.22 bits per heavy atom. The first-order valence-corrected chi connectivity index (χ1v) is 9.26. The molecule has 146 valence electrons. The fourth-order valence-corrected chi connectivity index (χ4v) is 3.54. The van der Waals surface area contributed by atoms with Gasteiger partial charge in [-0.05, 0) is 18.7 Å². The van der Waals surface area contributed by atoms with E-state index in [0.717, 1.165) is 11.4 Å². The van der Waals surface area contributed by atoms with Gasteiger partial charge in [-0.1, -0.05) is 30.3 Å². The van der Waals surface area contributed by atoms with Crippen molar-refractivity contribution in [3.63, 3.8) is 0 Å². The van der Waals surface area contributed by atoms with Crippen LogP contribution in [0.2, 0.25) is 0 Å². The second-order valence-corrected chi connectivity index (χ2v) is 7.40. The zero-order valence-corrected chi connectivity index (χ0v) is 16.2. The predicted molar refractivity (Wildman–Crippen MR) is 106 cm³/mol. The van der Waals surface area contributed by atoms with Gasteiger partial charge in [-0.3, -0.25) is 0 Å². The lowest BCUT2D eigenvalue weighted by atomic mass is 10.1. The lowest BCUT2D eigenvalue weighted by Crippen LogP contribution is -2.40. The van der Waals surface area contributed by atoms with Gasteiger partial charge in [-0.2, -0.15) is 4.98 Å². The number of aromatic nitrogens is 2. The summed E-state index contributed by atoms with van der Waals surface area (Å²) in [7, 11) is 5.73. The van der Waals surface area contributed by atoms with E-state index in [-0.39, 0.29) is 6.04 Å². The Morgan fingerprint density at radius 2 is 1.96 bits per heavy atom. The van der Waals surface area contributed by atoms with Crippen LogP contribution in [0.15, 0.2) is 42.6 Å². The zero-order chi connectivity index (χ0) is 19.4. The van der Waals surface area contributed by atoms with Gasteiger partial charge in [0.1, 0.15) is 12.0 Å². The van der Waals surface area contributed by atoms with Gasteiger partial charge in [0.05, 0.1) is 12.6 Å². The molecule has 2 heterocycles. The molecular weight excluding hydrogens is 345 g/mol. The molecule has 0 saturated carbocycles. The number of aliphatic hydroxyl groups is 1. The monoisotopic (exact) mass is 373 g/mol. The number of aliphatic hydroxyl groups excluding tert-OH is 1. The first kappa shape index (κ1) is 19.5. The van der Waals surface area contributed by atoms with Crippen LogP contribution in [0.3, 0.4) is 0 Å². The first-order chi connectivity index (χ1) is 12.9. The molecular formula is C20H28FN5O. The van der Waals surface area contributed by atoms with Gasteiger partial charge in [0.15, 0.2) is 0 Å². The lowest BCUT2D eigenvalue weighted by Gasteiger charge is -2.30. The summed E-state index contributed by atoms with van der Waals surface area (Å²) >= 11 is 0. The van der Waals surface area contributed by atoms with E-state index in [9.17, 15) is 9.50 Å². The average molecular weight is 373 g/mol. The fourth-order valence-electron chi connectivity index (χ4n) is 3.54. The molecule has 0 radical (unpaired) electrons. The van der Waals surface area contributed by atoms with E-state index in [0.29, 0.717) is 32.0 Å². The summed E-state index contributed by atoms with van der Waals surface area (Å²) in [5.74, 6) is 1.36. The van der Waals surface area contributed by atoms with Gasteiger partial charge < -0.3 is 19.8 Å². The highest BCUT2D eigenvalue weighted by Gasteiger charge is 2.34. The molecule has 1 aromatic carbocycles. The van der Waals surface area contributed by atoms with Crippen molar-refractivity contribution in [2.75, 3.05) is 50.6 Å². The van der Waals surface area contributed by atoms with Crippen molar-refractivity contribution in [3.05, 3.63) is 48.2 Å². The molecule has 0 bridgehead atoms. The van der Waals surface area contributed by atoms with E-state index in [1.54, 1.807) is 6.20 Å².